The Bertz CT molecular complexity index is 789. The lowest BCUT2D eigenvalue weighted by atomic mass is 10.1. The standard InChI is InChI=1S/C21H25N3O4/c1-22(27-2)20(25)18-10-8-17(9-11-18)16-24(19-6-4-3-5-7-19)21(26)23-12-14-28-15-13-23/h3-11H,12-16H2,1-2H3. The van der Waals surface area contributed by atoms with Gasteiger partial charge < -0.3 is 9.64 Å². The summed E-state index contributed by atoms with van der Waals surface area (Å²) in [6.07, 6.45) is 0. The number of hydroxylamine groups is 2. The number of benzene rings is 2. The summed E-state index contributed by atoms with van der Waals surface area (Å²) in [7, 11) is 3.01. The van der Waals surface area contributed by atoms with Crippen LogP contribution in [0.4, 0.5) is 10.5 Å². The van der Waals surface area contributed by atoms with Crippen LogP contribution in [0.1, 0.15) is 15.9 Å². The molecule has 1 aliphatic rings. The van der Waals surface area contributed by atoms with E-state index in [9.17, 15) is 9.59 Å². The van der Waals surface area contributed by atoms with Gasteiger partial charge in [-0.1, -0.05) is 30.3 Å². The predicted molar refractivity (Wildman–Crippen MR) is 106 cm³/mol. The Morgan fingerprint density at radius 2 is 1.68 bits per heavy atom. The van der Waals surface area contributed by atoms with Gasteiger partial charge in [0.1, 0.15) is 0 Å². The smallest absolute Gasteiger partial charge is 0.324 e. The molecular formula is C21H25N3O4. The van der Waals surface area contributed by atoms with Crippen LogP contribution in [0.5, 0.6) is 0 Å². The van der Waals surface area contributed by atoms with Crippen LogP contribution in [0.3, 0.4) is 0 Å². The molecule has 1 aliphatic heterocycles. The first-order valence-electron chi connectivity index (χ1n) is 9.20. The molecule has 0 spiro atoms. The molecule has 0 atom stereocenters. The number of nitrogens with zero attached hydrogens (tertiary/aromatic N) is 3. The zero-order valence-corrected chi connectivity index (χ0v) is 16.2. The minimum absolute atomic E-state index is 0.0474. The van der Waals surface area contributed by atoms with Crippen LogP contribution < -0.4 is 4.90 Å². The van der Waals surface area contributed by atoms with E-state index in [1.165, 1.54) is 12.2 Å². The van der Waals surface area contributed by atoms with E-state index >= 15 is 0 Å². The van der Waals surface area contributed by atoms with Gasteiger partial charge in [-0.05, 0) is 29.8 Å². The molecule has 2 aromatic rings. The minimum atomic E-state index is -0.224. The fourth-order valence-electron chi connectivity index (χ4n) is 3.00. The van der Waals surface area contributed by atoms with Crippen molar-refractivity contribution in [3.05, 3.63) is 65.7 Å². The second-order valence-corrected chi connectivity index (χ2v) is 6.49. The molecule has 1 heterocycles. The van der Waals surface area contributed by atoms with Crippen LogP contribution in [0.2, 0.25) is 0 Å². The van der Waals surface area contributed by atoms with Crippen molar-refractivity contribution in [2.24, 2.45) is 0 Å². The Labute approximate surface area is 165 Å². The molecule has 148 valence electrons. The highest BCUT2D eigenvalue weighted by molar-refractivity contribution is 5.94. The molecule has 0 unspecified atom stereocenters. The molecule has 0 saturated carbocycles. The third kappa shape index (κ3) is 4.68. The lowest BCUT2D eigenvalue weighted by Crippen LogP contribution is -2.48. The maximum absolute atomic E-state index is 13.1. The van der Waals surface area contributed by atoms with Gasteiger partial charge in [-0.25, -0.2) is 9.86 Å². The fourth-order valence-corrected chi connectivity index (χ4v) is 3.00. The zero-order chi connectivity index (χ0) is 19.9. The summed E-state index contributed by atoms with van der Waals surface area (Å²) in [5.74, 6) is -0.224. The van der Waals surface area contributed by atoms with Crippen LogP contribution in [0.15, 0.2) is 54.6 Å². The highest BCUT2D eigenvalue weighted by atomic mass is 16.7. The minimum Gasteiger partial charge on any atom is -0.378 e. The Balaban J connectivity index is 1.79. The summed E-state index contributed by atoms with van der Waals surface area (Å²) in [6, 6.07) is 16.8. The number of rotatable bonds is 5. The average molecular weight is 383 g/mol. The van der Waals surface area contributed by atoms with Crippen molar-refractivity contribution in [1.29, 1.82) is 0 Å². The summed E-state index contributed by atoms with van der Waals surface area (Å²) in [5.41, 5.74) is 2.29. The number of carbonyl (C=O) groups excluding carboxylic acids is 2. The molecule has 0 N–H and O–H groups in total. The van der Waals surface area contributed by atoms with Gasteiger partial charge >= 0.3 is 6.03 Å². The van der Waals surface area contributed by atoms with Crippen LogP contribution in [-0.2, 0) is 16.1 Å². The lowest BCUT2D eigenvalue weighted by molar-refractivity contribution is -0.0756. The summed E-state index contributed by atoms with van der Waals surface area (Å²) in [6.45, 7) is 2.68. The molecule has 0 bridgehead atoms. The summed E-state index contributed by atoms with van der Waals surface area (Å²) < 4.78 is 5.36. The Kier molecular flexibility index (Phi) is 6.62. The average Bonchev–Trinajstić information content (AvgIpc) is 2.77. The van der Waals surface area contributed by atoms with E-state index < -0.39 is 0 Å². The first-order valence-corrected chi connectivity index (χ1v) is 9.20. The molecule has 0 radical (unpaired) electrons. The topological polar surface area (TPSA) is 62.3 Å². The summed E-state index contributed by atoms with van der Waals surface area (Å²) in [4.78, 5) is 33.8. The molecule has 7 nitrogen and oxygen atoms in total. The first kappa shape index (κ1) is 19.9. The second kappa shape index (κ2) is 9.34. The van der Waals surface area contributed by atoms with E-state index in [1.807, 2.05) is 47.4 Å². The van der Waals surface area contributed by atoms with Crippen LogP contribution >= 0.6 is 0 Å². The Hall–Kier alpha value is -2.90. The van der Waals surface area contributed by atoms with Gasteiger partial charge in [0.2, 0.25) is 0 Å². The van der Waals surface area contributed by atoms with E-state index in [0.29, 0.717) is 38.4 Å². The molecule has 3 amide bonds. The molecule has 3 rings (SSSR count). The third-order valence-electron chi connectivity index (χ3n) is 4.68. The molecule has 0 aromatic heterocycles. The number of urea groups is 1. The normalized spacial score (nSPS) is 13.9. The lowest BCUT2D eigenvalue weighted by Gasteiger charge is -2.33. The predicted octanol–water partition coefficient (Wildman–Crippen LogP) is 2.78. The fraction of sp³-hybridized carbons (Fsp3) is 0.333. The highest BCUT2D eigenvalue weighted by Crippen LogP contribution is 2.20. The molecule has 1 saturated heterocycles. The number of anilines is 1. The molecule has 28 heavy (non-hydrogen) atoms. The van der Waals surface area contributed by atoms with E-state index in [-0.39, 0.29) is 11.9 Å². The first-order chi connectivity index (χ1) is 13.6. The van der Waals surface area contributed by atoms with Crippen molar-refractivity contribution in [3.8, 4) is 0 Å². The molecule has 1 fully saturated rings. The van der Waals surface area contributed by atoms with Crippen molar-refractivity contribution >= 4 is 17.6 Å². The molecule has 2 aromatic carbocycles. The monoisotopic (exact) mass is 383 g/mol. The van der Waals surface area contributed by atoms with E-state index in [4.69, 9.17) is 9.57 Å². The van der Waals surface area contributed by atoms with Crippen molar-refractivity contribution in [2.45, 2.75) is 6.54 Å². The van der Waals surface area contributed by atoms with Gasteiger partial charge in [-0.2, -0.15) is 0 Å². The van der Waals surface area contributed by atoms with Gasteiger partial charge in [0, 0.05) is 31.4 Å². The van der Waals surface area contributed by atoms with Crippen molar-refractivity contribution in [3.63, 3.8) is 0 Å². The van der Waals surface area contributed by atoms with Gasteiger partial charge in [-0.15, -0.1) is 0 Å². The largest absolute Gasteiger partial charge is 0.378 e. The Morgan fingerprint density at radius 3 is 2.29 bits per heavy atom. The van der Waals surface area contributed by atoms with Crippen LogP contribution in [0.25, 0.3) is 0 Å². The number of ether oxygens (including phenoxy) is 1. The zero-order valence-electron chi connectivity index (χ0n) is 16.2. The SMILES string of the molecule is CON(C)C(=O)c1ccc(CN(C(=O)N2CCOCC2)c2ccccc2)cc1. The van der Waals surface area contributed by atoms with Crippen LogP contribution in [-0.4, -0.2) is 62.4 Å². The molecule has 7 heteroatoms. The number of morpholine rings is 1. The molecular weight excluding hydrogens is 358 g/mol. The van der Waals surface area contributed by atoms with E-state index in [2.05, 4.69) is 0 Å². The van der Waals surface area contributed by atoms with Crippen LogP contribution in [0, 0.1) is 0 Å². The third-order valence-corrected chi connectivity index (χ3v) is 4.68. The maximum Gasteiger partial charge on any atom is 0.324 e. The highest BCUT2D eigenvalue weighted by Gasteiger charge is 2.24. The van der Waals surface area contributed by atoms with Crippen molar-refractivity contribution < 1.29 is 19.2 Å². The van der Waals surface area contributed by atoms with Gasteiger partial charge in [0.15, 0.2) is 0 Å². The number of hydrogen-bond acceptors (Lipinski definition) is 4. The van der Waals surface area contributed by atoms with E-state index in [1.54, 1.807) is 24.1 Å². The van der Waals surface area contributed by atoms with E-state index in [0.717, 1.165) is 11.3 Å². The van der Waals surface area contributed by atoms with Gasteiger partial charge in [-0.3, -0.25) is 14.5 Å². The number of carbonyl (C=O) groups is 2. The summed E-state index contributed by atoms with van der Waals surface area (Å²) >= 11 is 0. The van der Waals surface area contributed by atoms with Crippen molar-refractivity contribution in [2.75, 3.05) is 45.4 Å². The second-order valence-electron chi connectivity index (χ2n) is 6.49. The summed E-state index contributed by atoms with van der Waals surface area (Å²) in [5, 5.41) is 1.17. The van der Waals surface area contributed by atoms with Crippen molar-refractivity contribution in [1.82, 2.24) is 9.96 Å². The van der Waals surface area contributed by atoms with Gasteiger partial charge in [0.25, 0.3) is 5.91 Å². The maximum atomic E-state index is 13.1. The number of hydrogen-bond donors (Lipinski definition) is 0. The molecule has 0 aliphatic carbocycles. The van der Waals surface area contributed by atoms with Gasteiger partial charge in [0.05, 0.1) is 26.9 Å². The Morgan fingerprint density at radius 1 is 1.04 bits per heavy atom. The number of para-hydroxylation sites is 1. The quantitative estimate of drug-likeness (QED) is 0.745. The number of amides is 3.